The quantitative estimate of drug-likeness (QED) is 0.0624. The third-order valence-electron chi connectivity index (χ3n) is 16.1. The van der Waals surface area contributed by atoms with Gasteiger partial charge in [-0.1, -0.05) is 393 Å². The lowest BCUT2D eigenvalue weighted by Gasteiger charge is -2.11. The SMILES string of the molecule is CC(C)c1ccccc1Cl.CC(C)c1ccccc1N=[N+]=[N-].CCc1ccccc1C(C)C.Cc1ccc(C(C)C)c(CN=[N+]=[N-])c1.Cc1ccc(C(C)C)cc1.Cc1cccc(C(C)C)c1.Cc1cccc(C(C)C)c1.Cc1cccc(C(C)C)c1.Cc1cccc(C(C)C)c1. The number of hydrogen-bond donors (Lipinski definition) is 0. The summed E-state index contributed by atoms with van der Waals surface area (Å²) in [4.78, 5) is 5.56. The van der Waals surface area contributed by atoms with Crippen molar-refractivity contribution in [3.8, 4) is 0 Å². The highest BCUT2D eigenvalue weighted by Gasteiger charge is 2.08. The lowest BCUT2D eigenvalue weighted by Crippen LogP contribution is -1.95. The van der Waals surface area contributed by atoms with Crippen molar-refractivity contribution in [1.82, 2.24) is 0 Å². The van der Waals surface area contributed by atoms with Gasteiger partial charge in [0, 0.05) is 20.5 Å². The normalized spacial score (nSPS) is 10.3. The fourth-order valence-corrected chi connectivity index (χ4v) is 10.4. The molecule has 0 atom stereocenters. The van der Waals surface area contributed by atoms with Crippen molar-refractivity contribution in [1.29, 1.82) is 0 Å². The maximum absolute atomic E-state index is 8.28. The highest BCUT2D eigenvalue weighted by Crippen LogP contribution is 2.27. The molecule has 9 aromatic carbocycles. The van der Waals surface area contributed by atoms with E-state index in [0.29, 0.717) is 59.8 Å². The van der Waals surface area contributed by atoms with E-state index in [0.717, 1.165) is 28.3 Å². The molecule has 0 aliphatic heterocycles. The summed E-state index contributed by atoms with van der Waals surface area (Å²) in [6, 6.07) is 73.9. The summed E-state index contributed by atoms with van der Waals surface area (Å²) in [7, 11) is 0. The van der Waals surface area contributed by atoms with Gasteiger partial charge in [0.25, 0.3) is 0 Å². The second-order valence-electron chi connectivity index (χ2n) is 27.9. The predicted octanol–water partition coefficient (Wildman–Crippen LogP) is 30.1. The molecule has 0 bridgehead atoms. The molecular weight excluding hydrogens is 1200 g/mol. The first-order chi connectivity index (χ1) is 45.9. The molecule has 7 heteroatoms. The Morgan fingerprint density at radius 1 is 0.299 bits per heavy atom. The minimum atomic E-state index is 0.395. The smallest absolute Gasteiger partial charge is 0.0513 e. The summed E-state index contributed by atoms with van der Waals surface area (Å²) in [5.41, 5.74) is 40.1. The van der Waals surface area contributed by atoms with E-state index in [1.807, 2.05) is 49.4 Å². The summed E-state index contributed by atoms with van der Waals surface area (Å²) in [5, 5.41) is 8.09. The van der Waals surface area contributed by atoms with Crippen molar-refractivity contribution < 1.29 is 0 Å². The molecular formula is C90H123ClN6. The Hall–Kier alpha value is -8.11. The third kappa shape index (κ3) is 36.7. The van der Waals surface area contributed by atoms with Crippen LogP contribution in [0.2, 0.25) is 5.02 Å². The van der Waals surface area contributed by atoms with E-state index < -0.39 is 0 Å². The molecule has 97 heavy (non-hydrogen) atoms. The van der Waals surface area contributed by atoms with Crippen molar-refractivity contribution in [2.24, 2.45) is 10.2 Å². The van der Waals surface area contributed by atoms with Crippen molar-refractivity contribution in [2.75, 3.05) is 0 Å². The largest absolute Gasteiger partial charge is 0.0893 e. The second-order valence-corrected chi connectivity index (χ2v) is 28.3. The first-order valence-electron chi connectivity index (χ1n) is 35.3. The van der Waals surface area contributed by atoms with Crippen molar-refractivity contribution in [2.45, 2.75) is 239 Å². The first kappa shape index (κ1) is 86.9. The fraction of sp³-hybridized carbons (Fsp3) is 0.400. The first-order valence-corrected chi connectivity index (χ1v) is 35.6. The Kier molecular flexibility index (Phi) is 43.5. The Bertz CT molecular complexity index is 3510. The summed E-state index contributed by atoms with van der Waals surface area (Å²) in [6.45, 7) is 54.7. The van der Waals surface area contributed by atoms with Crippen LogP contribution in [0.1, 0.15) is 279 Å². The predicted molar refractivity (Wildman–Crippen MR) is 429 cm³/mol. The van der Waals surface area contributed by atoms with Gasteiger partial charge in [-0.3, -0.25) is 0 Å². The molecule has 0 heterocycles. The monoisotopic (exact) mass is 1320 g/mol. The van der Waals surface area contributed by atoms with Crippen LogP contribution in [0, 0.1) is 41.5 Å². The average molecular weight is 1320 g/mol. The van der Waals surface area contributed by atoms with E-state index in [-0.39, 0.29) is 0 Å². The zero-order valence-corrected chi connectivity index (χ0v) is 65.1. The number of halogens is 1. The maximum atomic E-state index is 8.28. The summed E-state index contributed by atoms with van der Waals surface area (Å²) < 4.78 is 0. The van der Waals surface area contributed by atoms with Gasteiger partial charge in [-0.15, -0.1) is 0 Å². The molecule has 0 radical (unpaired) electrons. The molecule has 0 spiro atoms. The van der Waals surface area contributed by atoms with Crippen molar-refractivity contribution in [3.05, 3.63) is 333 Å². The summed E-state index contributed by atoms with van der Waals surface area (Å²) in [5.74, 6) is 5.31. The van der Waals surface area contributed by atoms with E-state index in [1.165, 1.54) is 83.5 Å². The van der Waals surface area contributed by atoms with E-state index in [2.05, 4.69) is 356 Å². The molecule has 0 fully saturated rings. The molecule has 0 aliphatic rings. The highest BCUT2D eigenvalue weighted by molar-refractivity contribution is 6.31. The Labute approximate surface area is 596 Å². The zero-order chi connectivity index (χ0) is 73.2. The van der Waals surface area contributed by atoms with Crippen LogP contribution in [-0.4, -0.2) is 0 Å². The van der Waals surface area contributed by atoms with E-state index in [1.54, 1.807) is 0 Å². The number of hydrogen-bond acceptors (Lipinski definition) is 2. The van der Waals surface area contributed by atoms with E-state index in [9.17, 15) is 0 Å². The second kappa shape index (κ2) is 48.6. The number of benzene rings is 9. The Balaban J connectivity index is 0.000000547. The molecule has 0 saturated carbocycles. The van der Waals surface area contributed by atoms with Crippen molar-refractivity contribution in [3.63, 3.8) is 0 Å². The van der Waals surface area contributed by atoms with Crippen molar-refractivity contribution >= 4 is 17.3 Å². The summed E-state index contributed by atoms with van der Waals surface area (Å²) >= 11 is 5.92. The van der Waals surface area contributed by atoms with Crippen LogP contribution in [0.3, 0.4) is 0 Å². The molecule has 0 N–H and O–H groups in total. The van der Waals surface area contributed by atoms with Gasteiger partial charge in [-0.2, -0.15) is 0 Å². The van der Waals surface area contributed by atoms with Gasteiger partial charge in [-0.25, -0.2) is 0 Å². The lowest BCUT2D eigenvalue weighted by molar-refractivity contribution is 0.837. The van der Waals surface area contributed by atoms with E-state index in [4.69, 9.17) is 22.7 Å². The lowest BCUT2D eigenvalue weighted by atomic mass is 9.96. The number of nitrogens with zero attached hydrogens (tertiary/aromatic N) is 6. The van der Waals surface area contributed by atoms with Crippen LogP contribution in [-0.2, 0) is 13.0 Å². The minimum absolute atomic E-state index is 0.395. The maximum Gasteiger partial charge on any atom is 0.0513 e. The highest BCUT2D eigenvalue weighted by atomic mass is 35.5. The van der Waals surface area contributed by atoms with Gasteiger partial charge in [-0.05, 0) is 180 Å². The standard InChI is InChI=1S/C11H15N3.C11H16.5C10H14.C9H11Cl.C9H11N3/c1-8(2)11-5-4-9(3)6-10(11)7-13-14-12;1-4-10-7-5-6-8-11(10)9(2)3;1-8(2)10-6-4-9(3)5-7-10;4*1-8(2)10-6-4-5-9(3)7-10;1-7(2)8-5-3-4-6-9(8)10;1-7(2)8-5-3-4-6-9(8)11-12-10/h4-6,8H,7H2,1-3H3;5-9H,4H2,1-3H3;5*4-8H,1-3H3;3-7H,1-2H3;3-7H,1-2H3. The number of azide groups is 2. The number of aryl methyl sites for hydroxylation is 7. The van der Waals surface area contributed by atoms with Gasteiger partial charge in [0.15, 0.2) is 0 Å². The third-order valence-corrected chi connectivity index (χ3v) is 16.4. The van der Waals surface area contributed by atoms with Gasteiger partial charge in [0.1, 0.15) is 0 Å². The van der Waals surface area contributed by atoms with Gasteiger partial charge >= 0.3 is 0 Å². The van der Waals surface area contributed by atoms with Crippen LogP contribution in [0.5, 0.6) is 0 Å². The van der Waals surface area contributed by atoms with Gasteiger partial charge in [0.2, 0.25) is 0 Å². The molecule has 9 rings (SSSR count). The molecule has 520 valence electrons. The van der Waals surface area contributed by atoms with E-state index >= 15 is 0 Å². The topological polar surface area (TPSA) is 97.5 Å². The minimum Gasteiger partial charge on any atom is -0.0893 e. The van der Waals surface area contributed by atoms with Gasteiger partial charge < -0.3 is 0 Å². The number of rotatable bonds is 13. The van der Waals surface area contributed by atoms with Crippen LogP contribution < -0.4 is 0 Å². The molecule has 9 aromatic rings. The fourth-order valence-electron chi connectivity index (χ4n) is 10.1. The molecule has 0 aliphatic carbocycles. The molecule has 0 amide bonds. The zero-order valence-electron chi connectivity index (χ0n) is 64.4. The average Bonchev–Trinajstić information content (AvgIpc) is 1.91. The Morgan fingerprint density at radius 2 is 0.629 bits per heavy atom. The van der Waals surface area contributed by atoms with Crippen LogP contribution in [0.15, 0.2) is 223 Å². The molecule has 0 aromatic heterocycles. The summed E-state index contributed by atoms with van der Waals surface area (Å²) in [6.07, 6.45) is 1.15. The van der Waals surface area contributed by atoms with Crippen LogP contribution in [0.25, 0.3) is 20.9 Å². The van der Waals surface area contributed by atoms with Crippen LogP contribution >= 0.6 is 11.6 Å². The van der Waals surface area contributed by atoms with Gasteiger partial charge in [0.05, 0.1) is 6.54 Å². The molecule has 6 nitrogen and oxygen atoms in total. The molecule has 0 unspecified atom stereocenters. The van der Waals surface area contributed by atoms with Crippen LogP contribution in [0.4, 0.5) is 5.69 Å². The molecule has 0 saturated heterocycles. The Morgan fingerprint density at radius 3 is 0.938 bits per heavy atom.